The largest absolute Gasteiger partial charge is 0.481 e. The van der Waals surface area contributed by atoms with Crippen molar-refractivity contribution in [2.75, 3.05) is 0 Å². The summed E-state index contributed by atoms with van der Waals surface area (Å²) in [6, 6.07) is 7.93. The number of carboxylic acid groups (broad SMARTS) is 1. The van der Waals surface area contributed by atoms with E-state index in [-0.39, 0.29) is 5.92 Å². The molecule has 0 aromatic heterocycles. The monoisotopic (exact) mass is 204 g/mol. The van der Waals surface area contributed by atoms with Crippen LogP contribution in [0.5, 0.6) is 0 Å². The van der Waals surface area contributed by atoms with Crippen LogP contribution in [0.25, 0.3) is 0 Å². The molecule has 0 aliphatic heterocycles. The summed E-state index contributed by atoms with van der Waals surface area (Å²) < 4.78 is 0. The first-order valence-electron chi connectivity index (χ1n) is 5.41. The number of fused-ring (bicyclic) bond motifs is 1. The van der Waals surface area contributed by atoms with E-state index in [1.165, 1.54) is 5.56 Å². The fraction of sp³-hybridized carbons (Fsp3) is 0.462. The smallest absolute Gasteiger partial charge is 0.314 e. The van der Waals surface area contributed by atoms with E-state index in [1.807, 2.05) is 38.1 Å². The zero-order chi connectivity index (χ0) is 11.1. The lowest BCUT2D eigenvalue weighted by Crippen LogP contribution is -2.38. The van der Waals surface area contributed by atoms with E-state index < -0.39 is 11.4 Å². The maximum absolute atomic E-state index is 11.5. The minimum Gasteiger partial charge on any atom is -0.481 e. The lowest BCUT2D eigenvalue weighted by Gasteiger charge is -2.29. The molecule has 1 atom stereocenters. The van der Waals surface area contributed by atoms with E-state index in [0.717, 1.165) is 18.4 Å². The lowest BCUT2D eigenvalue weighted by atomic mass is 9.73. The number of hydrogen-bond acceptors (Lipinski definition) is 1. The number of aryl methyl sites for hydroxylation is 1. The molecule has 0 saturated heterocycles. The molecule has 80 valence electrons. The van der Waals surface area contributed by atoms with Gasteiger partial charge in [0.1, 0.15) is 0 Å². The van der Waals surface area contributed by atoms with Gasteiger partial charge < -0.3 is 5.11 Å². The fourth-order valence-corrected chi connectivity index (χ4v) is 2.71. The maximum Gasteiger partial charge on any atom is 0.314 e. The summed E-state index contributed by atoms with van der Waals surface area (Å²) in [5.74, 6) is -0.541. The summed E-state index contributed by atoms with van der Waals surface area (Å²) in [5.41, 5.74) is 1.57. The van der Waals surface area contributed by atoms with Crippen LogP contribution in [0.4, 0.5) is 0 Å². The van der Waals surface area contributed by atoms with Crippen molar-refractivity contribution in [1.82, 2.24) is 0 Å². The molecule has 0 spiro atoms. The predicted octanol–water partition coefficient (Wildman–Crippen LogP) is 2.61. The predicted molar refractivity (Wildman–Crippen MR) is 58.9 cm³/mol. The van der Waals surface area contributed by atoms with E-state index >= 15 is 0 Å². The Balaban J connectivity index is 2.59. The first-order valence-corrected chi connectivity index (χ1v) is 5.41. The van der Waals surface area contributed by atoms with Gasteiger partial charge in [-0.15, -0.1) is 0 Å². The highest BCUT2D eigenvalue weighted by Gasteiger charge is 2.47. The normalized spacial score (nSPS) is 24.2. The van der Waals surface area contributed by atoms with Crippen LogP contribution >= 0.6 is 0 Å². The Morgan fingerprint density at radius 1 is 1.40 bits per heavy atom. The van der Waals surface area contributed by atoms with Gasteiger partial charge in [0, 0.05) is 0 Å². The van der Waals surface area contributed by atoms with Crippen molar-refractivity contribution in [3.8, 4) is 0 Å². The third-order valence-corrected chi connectivity index (χ3v) is 3.65. The molecule has 1 aromatic rings. The molecule has 0 bridgehead atoms. The topological polar surface area (TPSA) is 37.3 Å². The summed E-state index contributed by atoms with van der Waals surface area (Å²) >= 11 is 0. The minimum atomic E-state index is -0.678. The van der Waals surface area contributed by atoms with Crippen LogP contribution < -0.4 is 0 Å². The average molecular weight is 204 g/mol. The molecular weight excluding hydrogens is 188 g/mol. The molecule has 1 N–H and O–H groups in total. The summed E-state index contributed by atoms with van der Waals surface area (Å²) in [5, 5.41) is 9.48. The van der Waals surface area contributed by atoms with Crippen LogP contribution in [0.3, 0.4) is 0 Å². The lowest BCUT2D eigenvalue weighted by molar-refractivity contribution is -0.145. The summed E-state index contributed by atoms with van der Waals surface area (Å²) in [7, 11) is 0. The maximum atomic E-state index is 11.5. The molecule has 0 radical (unpaired) electrons. The summed E-state index contributed by atoms with van der Waals surface area (Å²) in [6.45, 7) is 3.99. The van der Waals surface area contributed by atoms with Crippen molar-refractivity contribution in [3.05, 3.63) is 35.4 Å². The van der Waals surface area contributed by atoms with Crippen molar-refractivity contribution in [1.29, 1.82) is 0 Å². The second-order valence-corrected chi connectivity index (χ2v) is 4.59. The molecular formula is C13H16O2. The molecule has 15 heavy (non-hydrogen) atoms. The first kappa shape index (κ1) is 10.2. The van der Waals surface area contributed by atoms with Gasteiger partial charge in [-0.2, -0.15) is 0 Å². The van der Waals surface area contributed by atoms with Crippen LogP contribution in [-0.4, -0.2) is 11.1 Å². The van der Waals surface area contributed by atoms with Gasteiger partial charge >= 0.3 is 5.97 Å². The Kier molecular flexibility index (Phi) is 2.29. The molecule has 2 nitrogen and oxygen atoms in total. The minimum absolute atomic E-state index is 0.138. The molecule has 2 heteroatoms. The molecule has 1 aliphatic rings. The molecule has 0 saturated carbocycles. The zero-order valence-corrected chi connectivity index (χ0v) is 9.16. The summed E-state index contributed by atoms with van der Waals surface area (Å²) in [4.78, 5) is 11.5. The second-order valence-electron chi connectivity index (χ2n) is 4.59. The second kappa shape index (κ2) is 3.37. The van der Waals surface area contributed by atoms with Crippen molar-refractivity contribution in [2.45, 2.75) is 32.1 Å². The molecule has 1 unspecified atom stereocenters. The highest BCUT2D eigenvalue weighted by atomic mass is 16.4. The number of rotatable bonds is 2. The van der Waals surface area contributed by atoms with Gasteiger partial charge in [-0.25, -0.2) is 0 Å². The SMILES string of the molecule is CC(C)C1(C(=O)O)CCc2ccccc21. The van der Waals surface area contributed by atoms with Gasteiger partial charge in [-0.05, 0) is 29.9 Å². The first-order chi connectivity index (χ1) is 7.09. The number of aliphatic carboxylic acids is 1. The molecule has 0 heterocycles. The van der Waals surface area contributed by atoms with Gasteiger partial charge in [0.15, 0.2) is 0 Å². The van der Waals surface area contributed by atoms with Gasteiger partial charge in [0.2, 0.25) is 0 Å². The van der Waals surface area contributed by atoms with Crippen LogP contribution in [-0.2, 0) is 16.6 Å². The standard InChI is InChI=1S/C13H16O2/c1-9(2)13(12(14)15)8-7-10-5-3-4-6-11(10)13/h3-6,9H,7-8H2,1-2H3,(H,14,15). The van der Waals surface area contributed by atoms with E-state index in [9.17, 15) is 9.90 Å². The van der Waals surface area contributed by atoms with Crippen molar-refractivity contribution in [3.63, 3.8) is 0 Å². The van der Waals surface area contributed by atoms with Crippen molar-refractivity contribution < 1.29 is 9.90 Å². The number of benzene rings is 1. The van der Waals surface area contributed by atoms with E-state index in [2.05, 4.69) is 0 Å². The van der Waals surface area contributed by atoms with Crippen LogP contribution in [0.15, 0.2) is 24.3 Å². The molecule has 2 rings (SSSR count). The highest BCUT2D eigenvalue weighted by Crippen LogP contribution is 2.44. The highest BCUT2D eigenvalue weighted by molar-refractivity contribution is 5.83. The van der Waals surface area contributed by atoms with Gasteiger partial charge in [-0.1, -0.05) is 38.1 Å². The van der Waals surface area contributed by atoms with Crippen LogP contribution in [0.1, 0.15) is 31.4 Å². The molecule has 0 fully saturated rings. The Morgan fingerprint density at radius 2 is 2.07 bits per heavy atom. The Bertz CT molecular complexity index is 395. The zero-order valence-electron chi connectivity index (χ0n) is 9.16. The fourth-order valence-electron chi connectivity index (χ4n) is 2.71. The van der Waals surface area contributed by atoms with E-state index in [4.69, 9.17) is 0 Å². The molecule has 1 aliphatic carbocycles. The third kappa shape index (κ3) is 1.28. The summed E-state index contributed by atoms with van der Waals surface area (Å²) in [6.07, 6.45) is 1.62. The van der Waals surface area contributed by atoms with E-state index in [0.29, 0.717) is 0 Å². The molecule has 0 amide bonds. The number of hydrogen-bond donors (Lipinski definition) is 1. The van der Waals surface area contributed by atoms with Crippen LogP contribution in [0, 0.1) is 5.92 Å². The Labute approximate surface area is 89.9 Å². The Morgan fingerprint density at radius 3 is 2.67 bits per heavy atom. The Hall–Kier alpha value is -1.31. The average Bonchev–Trinajstić information content (AvgIpc) is 2.57. The van der Waals surface area contributed by atoms with Crippen molar-refractivity contribution in [2.24, 2.45) is 5.92 Å². The molecule has 1 aromatic carbocycles. The third-order valence-electron chi connectivity index (χ3n) is 3.65. The van der Waals surface area contributed by atoms with Crippen molar-refractivity contribution >= 4 is 5.97 Å². The van der Waals surface area contributed by atoms with Gasteiger partial charge in [-0.3, -0.25) is 4.79 Å². The van der Waals surface area contributed by atoms with E-state index in [1.54, 1.807) is 0 Å². The van der Waals surface area contributed by atoms with Gasteiger partial charge in [0.25, 0.3) is 0 Å². The number of carboxylic acids is 1. The van der Waals surface area contributed by atoms with Crippen LogP contribution in [0.2, 0.25) is 0 Å². The quantitative estimate of drug-likeness (QED) is 0.804. The number of carbonyl (C=O) groups is 1. The van der Waals surface area contributed by atoms with Gasteiger partial charge in [0.05, 0.1) is 5.41 Å².